The average Bonchev–Trinajstić information content (AvgIpc) is 2.37. The van der Waals surface area contributed by atoms with Crippen LogP contribution in [0.1, 0.15) is 26.3 Å². The van der Waals surface area contributed by atoms with E-state index >= 15 is 0 Å². The molecule has 0 saturated heterocycles. The highest BCUT2D eigenvalue weighted by Crippen LogP contribution is 2.23. The summed E-state index contributed by atoms with van der Waals surface area (Å²) in [5.74, 6) is 0. The maximum atomic E-state index is 12.3. The topological polar surface area (TPSA) is 46.2 Å². The van der Waals surface area contributed by atoms with Crippen LogP contribution in [0.3, 0.4) is 0 Å². The summed E-state index contributed by atoms with van der Waals surface area (Å²) < 4.78 is 27.2. The number of benzene rings is 2. The third kappa shape index (κ3) is 4.60. The fraction of sp³-hybridized carbons (Fsp3) is 0.294. The molecule has 0 spiro atoms. The molecule has 4 heteroatoms. The molecule has 0 amide bonds. The molecule has 0 aliphatic carbocycles. The molecule has 0 aromatic heterocycles. The van der Waals surface area contributed by atoms with Gasteiger partial charge >= 0.3 is 0 Å². The second kappa shape index (κ2) is 5.90. The van der Waals surface area contributed by atoms with Crippen LogP contribution >= 0.6 is 0 Å². The first kappa shape index (κ1) is 15.6. The van der Waals surface area contributed by atoms with Crippen LogP contribution in [0.4, 0.5) is 5.69 Å². The molecule has 2 rings (SSSR count). The quantitative estimate of drug-likeness (QED) is 0.925. The number of anilines is 1. The minimum atomic E-state index is -3.52. The zero-order valence-electron chi connectivity index (χ0n) is 12.6. The van der Waals surface area contributed by atoms with Gasteiger partial charge in [0, 0.05) is 5.69 Å². The van der Waals surface area contributed by atoms with Gasteiger partial charge in [0.05, 0.1) is 4.90 Å². The van der Waals surface area contributed by atoms with Crippen molar-refractivity contribution in [1.29, 1.82) is 0 Å². The number of hydrogen-bond donors (Lipinski definition) is 1. The van der Waals surface area contributed by atoms with E-state index in [9.17, 15) is 8.42 Å². The van der Waals surface area contributed by atoms with Crippen LogP contribution in [0.15, 0.2) is 59.5 Å². The van der Waals surface area contributed by atoms with E-state index in [0.29, 0.717) is 5.69 Å². The average molecular weight is 303 g/mol. The van der Waals surface area contributed by atoms with Crippen LogP contribution in [0.2, 0.25) is 0 Å². The molecule has 0 saturated carbocycles. The molecule has 2 aromatic rings. The molecule has 0 bridgehead atoms. The van der Waals surface area contributed by atoms with Gasteiger partial charge in [-0.1, -0.05) is 51.1 Å². The zero-order chi connectivity index (χ0) is 15.5. The van der Waals surface area contributed by atoms with Crippen molar-refractivity contribution in [3.63, 3.8) is 0 Å². The molecule has 3 nitrogen and oxygen atoms in total. The van der Waals surface area contributed by atoms with Gasteiger partial charge in [-0.3, -0.25) is 4.72 Å². The molecule has 0 unspecified atom stereocenters. The molecule has 2 aromatic carbocycles. The Morgan fingerprint density at radius 2 is 1.62 bits per heavy atom. The highest BCUT2D eigenvalue weighted by atomic mass is 32.2. The first-order chi connectivity index (χ1) is 9.76. The van der Waals surface area contributed by atoms with Crippen LogP contribution < -0.4 is 4.72 Å². The van der Waals surface area contributed by atoms with Crippen molar-refractivity contribution in [1.82, 2.24) is 0 Å². The third-order valence-corrected chi connectivity index (χ3v) is 4.36. The first-order valence-electron chi connectivity index (χ1n) is 6.93. The van der Waals surface area contributed by atoms with Crippen LogP contribution in [-0.2, 0) is 16.4 Å². The standard InChI is InChI=1S/C17H21NO2S/c1-17(2,3)13-14-8-7-9-15(12-14)18-21(19,20)16-10-5-4-6-11-16/h4-12,18H,13H2,1-3H3. The van der Waals surface area contributed by atoms with Gasteiger partial charge in [-0.25, -0.2) is 8.42 Å². The summed E-state index contributed by atoms with van der Waals surface area (Å²) in [6.07, 6.45) is 0.897. The van der Waals surface area contributed by atoms with E-state index in [1.165, 1.54) is 0 Å². The molecule has 0 aliphatic rings. The fourth-order valence-corrected chi connectivity index (χ4v) is 3.24. The van der Waals surface area contributed by atoms with Gasteiger partial charge in [-0.2, -0.15) is 0 Å². The minimum absolute atomic E-state index is 0.164. The Bertz CT molecular complexity index is 701. The van der Waals surface area contributed by atoms with Gasteiger partial charge in [-0.05, 0) is 41.7 Å². The Morgan fingerprint density at radius 3 is 2.24 bits per heavy atom. The van der Waals surface area contributed by atoms with Gasteiger partial charge in [0.25, 0.3) is 10.0 Å². The Morgan fingerprint density at radius 1 is 0.952 bits per heavy atom. The maximum Gasteiger partial charge on any atom is 0.261 e. The molecule has 112 valence electrons. The summed E-state index contributed by atoms with van der Waals surface area (Å²) in [4.78, 5) is 0.270. The predicted octanol–water partition coefficient (Wildman–Crippen LogP) is 4.08. The lowest BCUT2D eigenvalue weighted by atomic mass is 9.88. The summed E-state index contributed by atoms with van der Waals surface area (Å²) in [6.45, 7) is 6.48. The Hall–Kier alpha value is -1.81. The Balaban J connectivity index is 2.22. The van der Waals surface area contributed by atoms with Gasteiger partial charge < -0.3 is 0 Å². The third-order valence-electron chi connectivity index (χ3n) is 2.97. The van der Waals surface area contributed by atoms with E-state index in [4.69, 9.17) is 0 Å². The van der Waals surface area contributed by atoms with Crippen LogP contribution in [-0.4, -0.2) is 8.42 Å². The van der Waals surface area contributed by atoms with Gasteiger partial charge in [0.15, 0.2) is 0 Å². The van der Waals surface area contributed by atoms with E-state index in [-0.39, 0.29) is 10.3 Å². The van der Waals surface area contributed by atoms with E-state index in [2.05, 4.69) is 25.5 Å². The number of hydrogen-bond acceptors (Lipinski definition) is 2. The predicted molar refractivity (Wildman–Crippen MR) is 86.9 cm³/mol. The van der Waals surface area contributed by atoms with Gasteiger partial charge in [-0.15, -0.1) is 0 Å². The molecule has 0 heterocycles. The summed E-state index contributed by atoms with van der Waals surface area (Å²) >= 11 is 0. The lowest BCUT2D eigenvalue weighted by molar-refractivity contribution is 0.411. The number of rotatable bonds is 4. The minimum Gasteiger partial charge on any atom is -0.280 e. The van der Waals surface area contributed by atoms with Crippen molar-refractivity contribution in [2.24, 2.45) is 5.41 Å². The molecule has 0 radical (unpaired) electrons. The largest absolute Gasteiger partial charge is 0.280 e. The monoisotopic (exact) mass is 303 g/mol. The smallest absolute Gasteiger partial charge is 0.261 e. The summed E-state index contributed by atoms with van der Waals surface area (Å²) in [6, 6.07) is 16.0. The molecular weight excluding hydrogens is 282 g/mol. The zero-order valence-corrected chi connectivity index (χ0v) is 13.4. The SMILES string of the molecule is CC(C)(C)Cc1cccc(NS(=O)(=O)c2ccccc2)c1. The summed E-state index contributed by atoms with van der Waals surface area (Å²) in [5.41, 5.74) is 1.88. The Kier molecular flexibility index (Phi) is 4.37. The van der Waals surface area contributed by atoms with E-state index in [1.807, 2.05) is 18.2 Å². The molecule has 0 fully saturated rings. The van der Waals surface area contributed by atoms with Crippen molar-refractivity contribution < 1.29 is 8.42 Å². The number of sulfonamides is 1. The maximum absolute atomic E-state index is 12.3. The van der Waals surface area contributed by atoms with Gasteiger partial charge in [0.2, 0.25) is 0 Å². The van der Waals surface area contributed by atoms with Crippen molar-refractivity contribution in [3.05, 3.63) is 60.2 Å². The lowest BCUT2D eigenvalue weighted by Gasteiger charge is -2.18. The van der Waals surface area contributed by atoms with Crippen molar-refractivity contribution in [2.45, 2.75) is 32.1 Å². The highest BCUT2D eigenvalue weighted by Gasteiger charge is 2.15. The number of nitrogens with one attached hydrogen (secondary N) is 1. The molecular formula is C17H21NO2S. The van der Waals surface area contributed by atoms with E-state index in [1.54, 1.807) is 36.4 Å². The molecule has 21 heavy (non-hydrogen) atoms. The summed E-state index contributed by atoms with van der Waals surface area (Å²) in [7, 11) is -3.52. The van der Waals surface area contributed by atoms with Crippen LogP contribution in [0, 0.1) is 5.41 Å². The lowest BCUT2D eigenvalue weighted by Crippen LogP contribution is -2.13. The first-order valence-corrected chi connectivity index (χ1v) is 8.41. The second-order valence-corrected chi connectivity index (χ2v) is 8.04. The fourth-order valence-electron chi connectivity index (χ4n) is 2.17. The van der Waals surface area contributed by atoms with Crippen molar-refractivity contribution in [2.75, 3.05) is 4.72 Å². The second-order valence-electron chi connectivity index (χ2n) is 6.36. The van der Waals surface area contributed by atoms with Crippen LogP contribution in [0.5, 0.6) is 0 Å². The normalized spacial score (nSPS) is 12.1. The van der Waals surface area contributed by atoms with Crippen molar-refractivity contribution in [3.8, 4) is 0 Å². The van der Waals surface area contributed by atoms with E-state index < -0.39 is 10.0 Å². The van der Waals surface area contributed by atoms with Crippen LogP contribution in [0.25, 0.3) is 0 Å². The molecule has 1 N–H and O–H groups in total. The molecule has 0 atom stereocenters. The Labute approximate surface area is 127 Å². The van der Waals surface area contributed by atoms with Gasteiger partial charge in [0.1, 0.15) is 0 Å². The van der Waals surface area contributed by atoms with E-state index in [0.717, 1.165) is 12.0 Å². The highest BCUT2D eigenvalue weighted by molar-refractivity contribution is 7.92. The molecule has 0 aliphatic heterocycles. The summed E-state index contributed by atoms with van der Waals surface area (Å²) in [5, 5.41) is 0. The van der Waals surface area contributed by atoms with Crippen molar-refractivity contribution >= 4 is 15.7 Å².